The zero-order chi connectivity index (χ0) is 25.5. The molecule has 0 N–H and O–H groups in total. The Labute approximate surface area is 204 Å². The van der Waals surface area contributed by atoms with Crippen molar-refractivity contribution in [2.45, 2.75) is 59.1 Å². The molecule has 3 heterocycles. The van der Waals surface area contributed by atoms with Crippen LogP contribution in [0.4, 0.5) is 9.18 Å². The molecule has 3 aromatic rings. The van der Waals surface area contributed by atoms with Gasteiger partial charge in [-0.3, -0.25) is 4.79 Å². The van der Waals surface area contributed by atoms with E-state index in [1.54, 1.807) is 32.6 Å². The van der Waals surface area contributed by atoms with Crippen molar-refractivity contribution in [3.8, 4) is 11.3 Å². The SMILES string of the molecule is CC(C)c1cc(-c2ccc(F)cc2)nn2cc(C(=O)N3CCN(C(=O)OC(C)(C)C)C[C@@H]3C)nc12. The second-order valence-electron chi connectivity index (χ2n) is 10.3. The molecule has 0 spiro atoms. The van der Waals surface area contributed by atoms with Gasteiger partial charge in [-0.15, -0.1) is 0 Å². The van der Waals surface area contributed by atoms with Crippen molar-refractivity contribution in [3.63, 3.8) is 0 Å². The van der Waals surface area contributed by atoms with E-state index in [1.807, 2.05) is 33.8 Å². The lowest BCUT2D eigenvalue weighted by Gasteiger charge is -2.39. The minimum Gasteiger partial charge on any atom is -0.444 e. The molecule has 8 nitrogen and oxygen atoms in total. The number of fused-ring (bicyclic) bond motifs is 1. The Bertz CT molecular complexity index is 1250. The number of imidazole rings is 1. The Kier molecular flexibility index (Phi) is 6.53. The highest BCUT2D eigenvalue weighted by Crippen LogP contribution is 2.26. The third kappa shape index (κ3) is 5.28. The van der Waals surface area contributed by atoms with Crippen LogP contribution in [0.3, 0.4) is 0 Å². The summed E-state index contributed by atoms with van der Waals surface area (Å²) in [6.07, 6.45) is 1.27. The van der Waals surface area contributed by atoms with Crippen LogP contribution >= 0.6 is 0 Å². The minimum atomic E-state index is -0.572. The van der Waals surface area contributed by atoms with Crippen LogP contribution in [0.2, 0.25) is 0 Å². The Hall–Kier alpha value is -3.49. The van der Waals surface area contributed by atoms with Gasteiger partial charge in [0.15, 0.2) is 5.65 Å². The van der Waals surface area contributed by atoms with E-state index in [0.29, 0.717) is 36.7 Å². The maximum atomic E-state index is 13.4. The van der Waals surface area contributed by atoms with Gasteiger partial charge in [0.2, 0.25) is 0 Å². The molecular weight excluding hydrogens is 449 g/mol. The van der Waals surface area contributed by atoms with Gasteiger partial charge in [-0.1, -0.05) is 13.8 Å². The van der Waals surface area contributed by atoms with Gasteiger partial charge in [0.25, 0.3) is 5.91 Å². The molecule has 35 heavy (non-hydrogen) atoms. The normalized spacial score (nSPS) is 16.7. The van der Waals surface area contributed by atoms with Gasteiger partial charge in [0, 0.05) is 36.8 Å². The van der Waals surface area contributed by atoms with Crippen molar-refractivity contribution in [1.82, 2.24) is 24.4 Å². The molecule has 1 aromatic carbocycles. The van der Waals surface area contributed by atoms with Crippen LogP contribution in [0, 0.1) is 5.82 Å². The van der Waals surface area contributed by atoms with E-state index in [9.17, 15) is 14.0 Å². The first-order valence-electron chi connectivity index (χ1n) is 11.9. The first kappa shape index (κ1) is 24.6. The van der Waals surface area contributed by atoms with Crippen LogP contribution in [-0.2, 0) is 4.74 Å². The fourth-order valence-corrected chi connectivity index (χ4v) is 4.19. The summed E-state index contributed by atoms with van der Waals surface area (Å²) in [7, 11) is 0. The fraction of sp³-hybridized carbons (Fsp3) is 0.462. The van der Waals surface area contributed by atoms with Gasteiger partial charge < -0.3 is 14.5 Å². The zero-order valence-electron chi connectivity index (χ0n) is 21.1. The minimum absolute atomic E-state index is 0.140. The van der Waals surface area contributed by atoms with Crippen LogP contribution in [0.1, 0.15) is 63.5 Å². The lowest BCUT2D eigenvalue weighted by molar-refractivity contribution is 0.00607. The van der Waals surface area contributed by atoms with E-state index in [-0.39, 0.29) is 29.8 Å². The molecule has 1 atom stereocenters. The number of carbonyl (C=O) groups excluding carboxylic acids is 2. The van der Waals surface area contributed by atoms with Gasteiger partial charge in [0.05, 0.1) is 11.9 Å². The number of amides is 2. The van der Waals surface area contributed by atoms with E-state index in [1.165, 1.54) is 12.1 Å². The Balaban J connectivity index is 1.59. The summed E-state index contributed by atoms with van der Waals surface area (Å²) in [5.74, 6) is -0.374. The largest absolute Gasteiger partial charge is 0.444 e. The maximum Gasteiger partial charge on any atom is 0.410 e. The van der Waals surface area contributed by atoms with Crippen LogP contribution in [-0.4, -0.2) is 67.7 Å². The molecule has 0 aliphatic carbocycles. The number of hydrogen-bond acceptors (Lipinski definition) is 5. The number of ether oxygens (including phenoxy) is 1. The van der Waals surface area contributed by atoms with Gasteiger partial charge in [-0.25, -0.2) is 18.7 Å². The molecule has 1 fully saturated rings. The average molecular weight is 482 g/mol. The fourth-order valence-electron chi connectivity index (χ4n) is 4.19. The lowest BCUT2D eigenvalue weighted by Crippen LogP contribution is -2.56. The molecule has 2 aromatic heterocycles. The highest BCUT2D eigenvalue weighted by molar-refractivity contribution is 5.93. The second-order valence-corrected chi connectivity index (χ2v) is 10.3. The number of benzene rings is 1. The van der Waals surface area contributed by atoms with Crippen LogP contribution in [0.5, 0.6) is 0 Å². The molecular formula is C26H32FN5O3. The molecule has 0 bridgehead atoms. The number of rotatable bonds is 3. The molecule has 1 saturated heterocycles. The molecule has 4 rings (SSSR count). The predicted molar refractivity (Wildman–Crippen MR) is 131 cm³/mol. The quantitative estimate of drug-likeness (QED) is 0.540. The predicted octanol–water partition coefficient (Wildman–Crippen LogP) is 4.74. The Morgan fingerprint density at radius 1 is 1.14 bits per heavy atom. The first-order chi connectivity index (χ1) is 16.4. The summed E-state index contributed by atoms with van der Waals surface area (Å²) in [4.78, 5) is 33.9. The number of halogens is 1. The van der Waals surface area contributed by atoms with Gasteiger partial charge in [-0.2, -0.15) is 5.10 Å². The molecule has 2 amide bonds. The average Bonchev–Trinajstić information content (AvgIpc) is 3.21. The van der Waals surface area contributed by atoms with E-state index >= 15 is 0 Å². The highest BCUT2D eigenvalue weighted by atomic mass is 19.1. The summed E-state index contributed by atoms with van der Waals surface area (Å²) >= 11 is 0. The molecule has 0 unspecified atom stereocenters. The summed E-state index contributed by atoms with van der Waals surface area (Å²) in [5.41, 5.74) is 2.75. The Morgan fingerprint density at radius 2 is 1.83 bits per heavy atom. The van der Waals surface area contributed by atoms with Crippen molar-refractivity contribution >= 4 is 17.6 Å². The van der Waals surface area contributed by atoms with Crippen molar-refractivity contribution in [2.24, 2.45) is 0 Å². The third-order valence-electron chi connectivity index (χ3n) is 5.97. The zero-order valence-corrected chi connectivity index (χ0v) is 21.1. The molecule has 1 aliphatic rings. The summed E-state index contributed by atoms with van der Waals surface area (Å²) < 4.78 is 20.5. The Morgan fingerprint density at radius 3 is 2.43 bits per heavy atom. The van der Waals surface area contributed by atoms with Gasteiger partial charge in [0.1, 0.15) is 17.1 Å². The van der Waals surface area contributed by atoms with Crippen LogP contribution in [0.25, 0.3) is 16.9 Å². The summed E-state index contributed by atoms with van der Waals surface area (Å²) in [5, 5.41) is 4.65. The van der Waals surface area contributed by atoms with Crippen molar-refractivity contribution < 1.29 is 18.7 Å². The number of aromatic nitrogens is 3. The van der Waals surface area contributed by atoms with Crippen LogP contribution in [0.15, 0.2) is 36.5 Å². The number of piperazine rings is 1. The molecule has 186 valence electrons. The number of nitrogens with zero attached hydrogens (tertiary/aromatic N) is 5. The summed E-state index contributed by atoms with van der Waals surface area (Å²) in [6.45, 7) is 12.7. The molecule has 9 heteroatoms. The van der Waals surface area contributed by atoms with Crippen molar-refractivity contribution in [2.75, 3.05) is 19.6 Å². The standard InChI is InChI=1S/C26H32FN5O3/c1-16(2)20-13-21(18-7-9-19(27)10-8-18)29-32-15-22(28-23(20)32)24(33)31-12-11-30(14-17(31)3)25(34)35-26(4,5)6/h7-10,13,15-17H,11-12,14H2,1-6H3/t17-/m0/s1. The highest BCUT2D eigenvalue weighted by Gasteiger charge is 2.33. The number of hydrogen-bond donors (Lipinski definition) is 0. The van der Waals surface area contributed by atoms with E-state index in [0.717, 1.165) is 11.1 Å². The van der Waals surface area contributed by atoms with E-state index in [2.05, 4.69) is 23.9 Å². The maximum absolute atomic E-state index is 13.4. The van der Waals surface area contributed by atoms with Crippen LogP contribution < -0.4 is 0 Å². The van der Waals surface area contributed by atoms with Gasteiger partial charge in [-0.05, 0) is 63.9 Å². The van der Waals surface area contributed by atoms with Crippen molar-refractivity contribution in [3.05, 3.63) is 53.6 Å². The van der Waals surface area contributed by atoms with Crippen molar-refractivity contribution in [1.29, 1.82) is 0 Å². The molecule has 0 saturated carbocycles. The first-order valence-corrected chi connectivity index (χ1v) is 11.9. The topological polar surface area (TPSA) is 80.0 Å². The second kappa shape index (κ2) is 9.28. The van der Waals surface area contributed by atoms with Gasteiger partial charge >= 0.3 is 6.09 Å². The number of carbonyl (C=O) groups is 2. The monoisotopic (exact) mass is 481 g/mol. The molecule has 0 radical (unpaired) electrons. The molecule has 1 aliphatic heterocycles. The lowest BCUT2D eigenvalue weighted by atomic mass is 10.0. The summed E-state index contributed by atoms with van der Waals surface area (Å²) in [6, 6.07) is 7.91. The van der Waals surface area contributed by atoms with E-state index in [4.69, 9.17) is 4.74 Å². The third-order valence-corrected chi connectivity index (χ3v) is 5.97. The van der Waals surface area contributed by atoms with E-state index < -0.39 is 5.60 Å². The smallest absolute Gasteiger partial charge is 0.410 e.